The normalized spacial score (nSPS) is 11.5. The average molecular weight is 348 g/mol. The molecule has 0 aliphatic heterocycles. The van der Waals surface area contributed by atoms with Crippen LogP contribution in [0.15, 0.2) is 48.5 Å². The number of hydrogen-bond acceptors (Lipinski definition) is 4. The van der Waals surface area contributed by atoms with Gasteiger partial charge < -0.3 is 10.5 Å². The van der Waals surface area contributed by atoms with E-state index in [1.54, 1.807) is 37.3 Å². The van der Waals surface area contributed by atoms with Crippen LogP contribution in [0.2, 0.25) is 0 Å². The van der Waals surface area contributed by atoms with Gasteiger partial charge in [-0.3, -0.25) is 0 Å². The number of aromatic nitrogens is 3. The molecule has 0 bridgehead atoms. The minimum atomic E-state index is -4.44. The molecule has 0 amide bonds. The third-order valence-corrected chi connectivity index (χ3v) is 3.45. The van der Waals surface area contributed by atoms with E-state index in [0.29, 0.717) is 18.0 Å². The van der Waals surface area contributed by atoms with Gasteiger partial charge >= 0.3 is 12.2 Å². The molecule has 1 heterocycles. The number of anilines is 1. The minimum Gasteiger partial charge on any atom is -0.463 e. The predicted molar refractivity (Wildman–Crippen MR) is 87.4 cm³/mol. The number of alkyl halides is 3. The first-order chi connectivity index (χ1) is 11.9. The summed E-state index contributed by atoms with van der Waals surface area (Å²) in [6, 6.07) is 11.8. The Morgan fingerprint density at radius 2 is 1.84 bits per heavy atom. The number of rotatable bonds is 4. The number of ether oxygens (including phenoxy) is 1. The Kier molecular flexibility index (Phi) is 4.35. The van der Waals surface area contributed by atoms with Crippen molar-refractivity contribution in [1.82, 2.24) is 14.8 Å². The molecule has 0 radical (unpaired) electrons. The van der Waals surface area contributed by atoms with Crippen molar-refractivity contribution in [1.29, 1.82) is 0 Å². The lowest BCUT2D eigenvalue weighted by Gasteiger charge is -2.09. The van der Waals surface area contributed by atoms with Crippen LogP contribution < -0.4 is 10.5 Å². The van der Waals surface area contributed by atoms with Gasteiger partial charge in [0, 0.05) is 11.3 Å². The number of benzene rings is 2. The molecule has 0 saturated carbocycles. The standard InChI is InChI=1S/C17H15F3N4O/c1-2-25-16-22-15(11-4-3-5-12(10-11)17(18,19)20)24(23-16)14-8-6-13(21)7-9-14/h3-10H,2,21H2,1H3. The molecule has 0 aliphatic rings. The largest absolute Gasteiger partial charge is 0.463 e. The molecule has 0 unspecified atom stereocenters. The number of nitrogens with two attached hydrogens (primary N) is 1. The Balaban J connectivity index is 2.13. The van der Waals surface area contributed by atoms with Crippen LogP contribution >= 0.6 is 0 Å². The maximum Gasteiger partial charge on any atom is 0.416 e. The summed E-state index contributed by atoms with van der Waals surface area (Å²) in [5.41, 5.74) is 6.38. The second-order valence-corrected chi connectivity index (χ2v) is 5.23. The van der Waals surface area contributed by atoms with E-state index in [9.17, 15) is 13.2 Å². The number of halogens is 3. The predicted octanol–water partition coefficient (Wildman–Crippen LogP) is 3.93. The second kappa shape index (κ2) is 6.46. The van der Waals surface area contributed by atoms with E-state index in [4.69, 9.17) is 10.5 Å². The summed E-state index contributed by atoms with van der Waals surface area (Å²) >= 11 is 0. The summed E-state index contributed by atoms with van der Waals surface area (Å²) in [7, 11) is 0. The van der Waals surface area contributed by atoms with Gasteiger partial charge in [0.1, 0.15) is 0 Å². The molecular weight excluding hydrogens is 333 g/mol. The fraction of sp³-hybridized carbons (Fsp3) is 0.176. The molecule has 2 N–H and O–H groups in total. The van der Waals surface area contributed by atoms with Crippen molar-refractivity contribution >= 4 is 5.69 Å². The fourth-order valence-electron chi connectivity index (χ4n) is 2.30. The van der Waals surface area contributed by atoms with E-state index in [1.807, 2.05) is 0 Å². The first kappa shape index (κ1) is 16.8. The quantitative estimate of drug-likeness (QED) is 0.726. The van der Waals surface area contributed by atoms with Gasteiger partial charge in [-0.05, 0) is 43.3 Å². The molecule has 0 fully saturated rings. The summed E-state index contributed by atoms with van der Waals surface area (Å²) in [5.74, 6) is 0.249. The molecule has 0 aliphatic carbocycles. The van der Waals surface area contributed by atoms with Crippen molar-refractivity contribution in [3.05, 3.63) is 54.1 Å². The van der Waals surface area contributed by atoms with E-state index >= 15 is 0 Å². The second-order valence-electron chi connectivity index (χ2n) is 5.23. The van der Waals surface area contributed by atoms with Crippen LogP contribution in [0, 0.1) is 0 Å². The monoisotopic (exact) mass is 348 g/mol. The van der Waals surface area contributed by atoms with Crippen molar-refractivity contribution in [2.75, 3.05) is 12.3 Å². The topological polar surface area (TPSA) is 66.0 Å². The van der Waals surface area contributed by atoms with Crippen LogP contribution in [0.25, 0.3) is 17.1 Å². The van der Waals surface area contributed by atoms with Crippen molar-refractivity contribution in [2.24, 2.45) is 0 Å². The zero-order valence-electron chi connectivity index (χ0n) is 13.3. The zero-order valence-corrected chi connectivity index (χ0v) is 13.3. The minimum absolute atomic E-state index is 0.0896. The SMILES string of the molecule is CCOc1nc(-c2cccc(C(F)(F)F)c2)n(-c2ccc(N)cc2)n1. The van der Waals surface area contributed by atoms with Gasteiger partial charge in [-0.15, -0.1) is 5.10 Å². The Morgan fingerprint density at radius 3 is 2.48 bits per heavy atom. The van der Waals surface area contributed by atoms with Crippen LogP contribution in [0.5, 0.6) is 6.01 Å². The van der Waals surface area contributed by atoms with E-state index in [-0.39, 0.29) is 17.4 Å². The smallest absolute Gasteiger partial charge is 0.416 e. The number of nitrogens with zero attached hydrogens (tertiary/aromatic N) is 3. The van der Waals surface area contributed by atoms with Crippen LogP contribution in [-0.2, 0) is 6.18 Å². The van der Waals surface area contributed by atoms with Gasteiger partial charge in [0.25, 0.3) is 0 Å². The van der Waals surface area contributed by atoms with Gasteiger partial charge in [0.05, 0.1) is 17.9 Å². The Hall–Kier alpha value is -3.03. The van der Waals surface area contributed by atoms with Crippen LogP contribution in [-0.4, -0.2) is 21.4 Å². The molecule has 5 nitrogen and oxygen atoms in total. The summed E-state index contributed by atoms with van der Waals surface area (Å²) in [6.07, 6.45) is -4.44. The molecule has 3 aromatic rings. The molecule has 0 spiro atoms. The van der Waals surface area contributed by atoms with Gasteiger partial charge in [0.2, 0.25) is 0 Å². The highest BCUT2D eigenvalue weighted by Crippen LogP contribution is 2.32. The van der Waals surface area contributed by atoms with Crippen LogP contribution in [0.4, 0.5) is 18.9 Å². The fourth-order valence-corrected chi connectivity index (χ4v) is 2.30. The van der Waals surface area contributed by atoms with Crippen molar-refractivity contribution in [2.45, 2.75) is 13.1 Å². The summed E-state index contributed by atoms with van der Waals surface area (Å²) in [5, 5.41) is 4.23. The molecular formula is C17H15F3N4O. The Morgan fingerprint density at radius 1 is 1.12 bits per heavy atom. The number of nitrogen functional groups attached to an aromatic ring is 1. The molecule has 3 rings (SSSR count). The maximum atomic E-state index is 13.0. The summed E-state index contributed by atoms with van der Waals surface area (Å²) < 4.78 is 45.7. The lowest BCUT2D eigenvalue weighted by Crippen LogP contribution is -2.05. The van der Waals surface area contributed by atoms with E-state index in [2.05, 4.69) is 10.1 Å². The zero-order chi connectivity index (χ0) is 18.0. The van der Waals surface area contributed by atoms with Crippen LogP contribution in [0.3, 0.4) is 0 Å². The van der Waals surface area contributed by atoms with Crippen molar-refractivity contribution in [3.63, 3.8) is 0 Å². The van der Waals surface area contributed by atoms with Gasteiger partial charge in [-0.1, -0.05) is 12.1 Å². The third-order valence-electron chi connectivity index (χ3n) is 3.45. The van der Waals surface area contributed by atoms with E-state index in [1.165, 1.54) is 10.7 Å². The Bertz CT molecular complexity index is 872. The highest BCUT2D eigenvalue weighted by atomic mass is 19.4. The van der Waals surface area contributed by atoms with Gasteiger partial charge in [-0.25, -0.2) is 4.68 Å². The lowest BCUT2D eigenvalue weighted by molar-refractivity contribution is -0.137. The molecule has 8 heteroatoms. The highest BCUT2D eigenvalue weighted by molar-refractivity contribution is 5.60. The molecule has 25 heavy (non-hydrogen) atoms. The van der Waals surface area contributed by atoms with Crippen LogP contribution in [0.1, 0.15) is 12.5 Å². The van der Waals surface area contributed by atoms with Crippen molar-refractivity contribution < 1.29 is 17.9 Å². The lowest BCUT2D eigenvalue weighted by atomic mass is 10.1. The molecule has 2 aromatic carbocycles. The molecule has 130 valence electrons. The average Bonchev–Trinajstić information content (AvgIpc) is 2.99. The highest BCUT2D eigenvalue weighted by Gasteiger charge is 2.31. The summed E-state index contributed by atoms with van der Waals surface area (Å²) in [4.78, 5) is 4.22. The van der Waals surface area contributed by atoms with E-state index in [0.717, 1.165) is 12.1 Å². The van der Waals surface area contributed by atoms with E-state index < -0.39 is 11.7 Å². The Labute approximate surface area is 141 Å². The maximum absolute atomic E-state index is 13.0. The molecule has 0 atom stereocenters. The first-order valence-electron chi connectivity index (χ1n) is 7.52. The number of hydrogen-bond donors (Lipinski definition) is 1. The third kappa shape index (κ3) is 3.57. The van der Waals surface area contributed by atoms with Gasteiger partial charge in [-0.2, -0.15) is 18.2 Å². The van der Waals surface area contributed by atoms with Gasteiger partial charge in [0.15, 0.2) is 5.82 Å². The summed E-state index contributed by atoms with van der Waals surface area (Å²) in [6.45, 7) is 2.11. The molecule has 1 aromatic heterocycles. The first-order valence-corrected chi connectivity index (χ1v) is 7.52. The molecule has 0 saturated heterocycles. The van der Waals surface area contributed by atoms with Crippen molar-refractivity contribution in [3.8, 4) is 23.1 Å².